The van der Waals surface area contributed by atoms with Crippen molar-refractivity contribution in [2.45, 2.75) is 38.0 Å². The van der Waals surface area contributed by atoms with Crippen molar-refractivity contribution >= 4 is 23.6 Å². The van der Waals surface area contributed by atoms with Crippen molar-refractivity contribution in [3.8, 4) is 0 Å². The van der Waals surface area contributed by atoms with Gasteiger partial charge < -0.3 is 15.2 Å². The number of nitrogens with one attached hydrogen (secondary N) is 1. The van der Waals surface area contributed by atoms with E-state index in [9.17, 15) is 14.7 Å². The molecule has 0 aromatic heterocycles. The van der Waals surface area contributed by atoms with Crippen LogP contribution in [0.5, 0.6) is 0 Å². The molecule has 1 aliphatic rings. The van der Waals surface area contributed by atoms with Crippen molar-refractivity contribution in [1.82, 2.24) is 5.32 Å². The largest absolute Gasteiger partial charge is 0.481 e. The van der Waals surface area contributed by atoms with Crippen molar-refractivity contribution in [2.75, 3.05) is 25.5 Å². The number of carboxylic acid groups (broad SMARTS) is 1. The minimum atomic E-state index is -0.836. The molecule has 1 aliphatic heterocycles. The van der Waals surface area contributed by atoms with E-state index < -0.39 is 11.9 Å². The van der Waals surface area contributed by atoms with E-state index in [2.05, 4.69) is 37.4 Å². The zero-order chi connectivity index (χ0) is 18.2. The number of aryl methyl sites for hydroxylation is 2. The van der Waals surface area contributed by atoms with Gasteiger partial charge in [-0.15, -0.1) is 11.8 Å². The van der Waals surface area contributed by atoms with E-state index >= 15 is 0 Å². The van der Waals surface area contributed by atoms with Crippen molar-refractivity contribution in [2.24, 2.45) is 11.8 Å². The number of carboxylic acids is 1. The second-order valence-corrected chi connectivity index (χ2v) is 7.71. The summed E-state index contributed by atoms with van der Waals surface area (Å²) in [5.41, 5.74) is 2.50. The molecular weight excluding hydrogens is 338 g/mol. The molecule has 0 bridgehead atoms. The summed E-state index contributed by atoms with van der Waals surface area (Å²) in [7, 11) is 0. The average Bonchev–Trinajstić information content (AvgIpc) is 2.59. The molecule has 5 nitrogen and oxygen atoms in total. The molecule has 1 atom stereocenters. The van der Waals surface area contributed by atoms with E-state index in [1.165, 1.54) is 11.1 Å². The molecule has 0 aliphatic carbocycles. The van der Waals surface area contributed by atoms with Crippen LogP contribution in [-0.4, -0.2) is 42.5 Å². The highest BCUT2D eigenvalue weighted by Crippen LogP contribution is 2.24. The third kappa shape index (κ3) is 6.36. The Bertz CT molecular complexity index is 599. The number of amides is 1. The lowest BCUT2D eigenvalue weighted by atomic mass is 9.86. The van der Waals surface area contributed by atoms with Gasteiger partial charge in [0, 0.05) is 36.8 Å². The van der Waals surface area contributed by atoms with Crippen molar-refractivity contribution in [3.05, 3.63) is 29.3 Å². The molecule has 1 saturated heterocycles. The SMILES string of the molecule is Cc1ccc(SCCC(=O)NCC(C(=O)O)C2CCOCC2)cc1C. The predicted octanol–water partition coefficient (Wildman–Crippen LogP) is 3.03. The third-order valence-electron chi connectivity index (χ3n) is 4.75. The molecular formula is C19H27NO4S. The Kier molecular flexibility index (Phi) is 7.78. The van der Waals surface area contributed by atoms with Gasteiger partial charge in [-0.3, -0.25) is 9.59 Å². The second kappa shape index (κ2) is 9.82. The summed E-state index contributed by atoms with van der Waals surface area (Å²) in [5, 5.41) is 12.2. The zero-order valence-corrected chi connectivity index (χ0v) is 15.7. The van der Waals surface area contributed by atoms with Crippen LogP contribution in [0.15, 0.2) is 23.1 Å². The molecule has 1 unspecified atom stereocenters. The first kappa shape index (κ1) is 19.8. The van der Waals surface area contributed by atoms with E-state index in [0.717, 1.165) is 17.7 Å². The van der Waals surface area contributed by atoms with Crippen LogP contribution in [0.2, 0.25) is 0 Å². The Labute approximate surface area is 153 Å². The van der Waals surface area contributed by atoms with E-state index in [0.29, 0.717) is 25.4 Å². The third-order valence-corrected chi connectivity index (χ3v) is 5.74. The number of carbonyl (C=O) groups is 2. The van der Waals surface area contributed by atoms with Crippen LogP contribution in [0.1, 0.15) is 30.4 Å². The highest BCUT2D eigenvalue weighted by atomic mass is 32.2. The number of aliphatic carboxylic acids is 1. The van der Waals surface area contributed by atoms with Crippen LogP contribution < -0.4 is 5.32 Å². The molecule has 6 heteroatoms. The fourth-order valence-corrected chi connectivity index (χ4v) is 3.90. The van der Waals surface area contributed by atoms with Gasteiger partial charge >= 0.3 is 5.97 Å². The highest BCUT2D eigenvalue weighted by molar-refractivity contribution is 7.99. The predicted molar refractivity (Wildman–Crippen MR) is 98.9 cm³/mol. The lowest BCUT2D eigenvalue weighted by Gasteiger charge is -2.27. The van der Waals surface area contributed by atoms with Crippen LogP contribution in [0.3, 0.4) is 0 Å². The van der Waals surface area contributed by atoms with Crippen LogP contribution in [0.4, 0.5) is 0 Å². The summed E-state index contributed by atoms with van der Waals surface area (Å²) in [6, 6.07) is 6.28. The number of hydrogen-bond acceptors (Lipinski definition) is 4. The smallest absolute Gasteiger partial charge is 0.308 e. The molecule has 1 fully saturated rings. The maximum Gasteiger partial charge on any atom is 0.308 e. The molecule has 0 spiro atoms. The molecule has 25 heavy (non-hydrogen) atoms. The number of thioether (sulfide) groups is 1. The second-order valence-electron chi connectivity index (χ2n) is 6.54. The molecule has 1 heterocycles. The first-order valence-electron chi connectivity index (χ1n) is 8.74. The standard InChI is InChI=1S/C19H27NO4S/c1-13-3-4-16(11-14(13)2)25-10-7-18(21)20-12-17(19(22)23)15-5-8-24-9-6-15/h3-4,11,15,17H,5-10,12H2,1-2H3,(H,20,21)(H,22,23). The number of carbonyl (C=O) groups excluding carboxylic acids is 1. The summed E-state index contributed by atoms with van der Waals surface area (Å²) in [6.07, 6.45) is 1.88. The summed E-state index contributed by atoms with van der Waals surface area (Å²) < 4.78 is 5.28. The van der Waals surface area contributed by atoms with Crippen molar-refractivity contribution in [3.63, 3.8) is 0 Å². The average molecular weight is 365 g/mol. The van der Waals surface area contributed by atoms with Gasteiger partial charge in [-0.2, -0.15) is 0 Å². The summed E-state index contributed by atoms with van der Waals surface area (Å²) in [5.74, 6) is -0.688. The topological polar surface area (TPSA) is 75.6 Å². The summed E-state index contributed by atoms with van der Waals surface area (Å²) >= 11 is 1.65. The fourth-order valence-electron chi connectivity index (χ4n) is 2.95. The Hall–Kier alpha value is -1.53. The molecule has 1 aromatic carbocycles. The van der Waals surface area contributed by atoms with E-state index in [1.807, 2.05) is 0 Å². The molecule has 2 rings (SSSR count). The summed E-state index contributed by atoms with van der Waals surface area (Å²) in [4.78, 5) is 24.6. The summed E-state index contributed by atoms with van der Waals surface area (Å²) in [6.45, 7) is 5.57. The number of hydrogen-bond donors (Lipinski definition) is 2. The molecule has 0 saturated carbocycles. The number of ether oxygens (including phenoxy) is 1. The molecule has 0 radical (unpaired) electrons. The van der Waals surface area contributed by atoms with E-state index in [1.54, 1.807) is 11.8 Å². The highest BCUT2D eigenvalue weighted by Gasteiger charge is 2.29. The van der Waals surface area contributed by atoms with Crippen molar-refractivity contribution < 1.29 is 19.4 Å². The number of rotatable bonds is 8. The lowest BCUT2D eigenvalue weighted by molar-refractivity contribution is -0.144. The minimum absolute atomic E-state index is 0.0801. The first-order chi connectivity index (χ1) is 12.0. The lowest BCUT2D eigenvalue weighted by Crippen LogP contribution is -2.39. The zero-order valence-electron chi connectivity index (χ0n) is 14.9. The fraction of sp³-hybridized carbons (Fsp3) is 0.579. The quantitative estimate of drug-likeness (QED) is 0.693. The van der Waals surface area contributed by atoms with E-state index in [-0.39, 0.29) is 18.4 Å². The van der Waals surface area contributed by atoms with Crippen LogP contribution >= 0.6 is 11.8 Å². The minimum Gasteiger partial charge on any atom is -0.481 e. The molecule has 1 amide bonds. The first-order valence-corrected chi connectivity index (χ1v) is 9.73. The Morgan fingerprint density at radius 3 is 2.64 bits per heavy atom. The molecule has 2 N–H and O–H groups in total. The maximum absolute atomic E-state index is 12.0. The van der Waals surface area contributed by atoms with E-state index in [4.69, 9.17) is 4.74 Å². The van der Waals surface area contributed by atoms with Gasteiger partial charge in [0.1, 0.15) is 0 Å². The number of benzene rings is 1. The van der Waals surface area contributed by atoms with Crippen LogP contribution in [0.25, 0.3) is 0 Å². The molecule has 1 aromatic rings. The van der Waals surface area contributed by atoms with Gasteiger partial charge in [0.25, 0.3) is 0 Å². The van der Waals surface area contributed by atoms with Crippen molar-refractivity contribution in [1.29, 1.82) is 0 Å². The Morgan fingerprint density at radius 2 is 2.00 bits per heavy atom. The van der Waals surface area contributed by atoms with Crippen LogP contribution in [0, 0.1) is 25.7 Å². The van der Waals surface area contributed by atoms with Crippen LogP contribution in [-0.2, 0) is 14.3 Å². The van der Waals surface area contributed by atoms with Gasteiger partial charge in [0.05, 0.1) is 5.92 Å². The van der Waals surface area contributed by atoms with Gasteiger partial charge in [-0.1, -0.05) is 6.07 Å². The monoisotopic (exact) mass is 365 g/mol. The van der Waals surface area contributed by atoms with Gasteiger partial charge in [-0.25, -0.2) is 0 Å². The Morgan fingerprint density at radius 1 is 1.28 bits per heavy atom. The Balaban J connectivity index is 1.73. The normalized spacial score (nSPS) is 16.4. The van der Waals surface area contributed by atoms with Gasteiger partial charge in [0.2, 0.25) is 5.91 Å². The van der Waals surface area contributed by atoms with Gasteiger partial charge in [0.15, 0.2) is 0 Å². The molecule has 138 valence electrons. The van der Waals surface area contributed by atoms with Gasteiger partial charge in [-0.05, 0) is 55.9 Å². The maximum atomic E-state index is 12.0.